The summed E-state index contributed by atoms with van der Waals surface area (Å²) in [4.78, 5) is 0. The molecule has 1 aromatic rings. The second-order valence-electron chi connectivity index (χ2n) is 4.93. The Morgan fingerprint density at radius 1 is 1.21 bits per heavy atom. The molecule has 19 heavy (non-hydrogen) atoms. The van der Waals surface area contributed by atoms with Gasteiger partial charge in [0, 0.05) is 18.3 Å². The predicted octanol–water partition coefficient (Wildman–Crippen LogP) is 3.25. The minimum absolute atomic E-state index is 0.00437. The third-order valence-electron chi connectivity index (χ3n) is 3.09. The zero-order valence-corrected chi connectivity index (χ0v) is 12.1. The van der Waals surface area contributed by atoms with Crippen LogP contribution in [0.5, 0.6) is 0 Å². The zero-order chi connectivity index (χ0) is 14.1. The first-order valence-electron chi connectivity index (χ1n) is 6.93. The number of aliphatic hydroxyl groups excluding tert-OH is 1. The normalized spacial score (nSPS) is 15.2. The summed E-state index contributed by atoms with van der Waals surface area (Å²) in [6.07, 6.45) is 0.394. The summed E-state index contributed by atoms with van der Waals surface area (Å²) >= 11 is 0. The van der Waals surface area contributed by atoms with Crippen LogP contribution in [0.3, 0.4) is 0 Å². The van der Waals surface area contributed by atoms with Crippen LogP contribution >= 0.6 is 0 Å². The third-order valence-corrected chi connectivity index (χ3v) is 3.09. The van der Waals surface area contributed by atoms with Crippen molar-refractivity contribution in [1.29, 1.82) is 0 Å². The van der Waals surface area contributed by atoms with Crippen molar-refractivity contribution in [3.63, 3.8) is 0 Å². The Morgan fingerprint density at radius 3 is 2.53 bits per heavy atom. The number of ether oxygens (including phenoxy) is 1. The van der Waals surface area contributed by atoms with Crippen LogP contribution in [0.2, 0.25) is 0 Å². The van der Waals surface area contributed by atoms with E-state index in [1.165, 1.54) is 0 Å². The van der Waals surface area contributed by atoms with Crippen molar-refractivity contribution < 1.29 is 9.84 Å². The quantitative estimate of drug-likeness (QED) is 0.796. The number of hydrogen-bond acceptors (Lipinski definition) is 2. The van der Waals surface area contributed by atoms with Crippen LogP contribution in [-0.2, 0) is 11.3 Å². The first-order chi connectivity index (χ1) is 9.15. The van der Waals surface area contributed by atoms with Gasteiger partial charge in [-0.1, -0.05) is 50.1 Å². The largest absolute Gasteiger partial charge is 0.391 e. The molecule has 0 spiro atoms. The Morgan fingerprint density at radius 2 is 1.89 bits per heavy atom. The lowest BCUT2D eigenvalue weighted by Crippen LogP contribution is -2.28. The molecular formula is C17H24O2. The molecule has 1 aromatic carbocycles. The summed E-state index contributed by atoms with van der Waals surface area (Å²) in [7, 11) is 0. The van der Waals surface area contributed by atoms with E-state index in [0.29, 0.717) is 13.2 Å². The number of rotatable bonds is 6. The zero-order valence-electron chi connectivity index (χ0n) is 12.1. The monoisotopic (exact) mass is 260 g/mol. The van der Waals surface area contributed by atoms with E-state index in [4.69, 9.17) is 4.74 Å². The Kier molecular flexibility index (Phi) is 7.25. The van der Waals surface area contributed by atoms with Crippen molar-refractivity contribution in [1.82, 2.24) is 0 Å². The molecule has 0 aliphatic carbocycles. The fourth-order valence-corrected chi connectivity index (χ4v) is 1.88. The highest BCUT2D eigenvalue weighted by atomic mass is 16.5. The molecule has 0 amide bonds. The Hall–Kier alpha value is -1.30. The van der Waals surface area contributed by atoms with Crippen molar-refractivity contribution in [2.45, 2.75) is 39.9 Å². The summed E-state index contributed by atoms with van der Waals surface area (Å²) in [5.74, 6) is 6.16. The van der Waals surface area contributed by atoms with Crippen molar-refractivity contribution in [3.05, 3.63) is 35.9 Å². The van der Waals surface area contributed by atoms with Crippen LogP contribution in [0.1, 0.15) is 32.8 Å². The van der Waals surface area contributed by atoms with Gasteiger partial charge in [-0.15, -0.1) is 5.92 Å². The van der Waals surface area contributed by atoms with Crippen LogP contribution in [0.4, 0.5) is 0 Å². The first kappa shape index (κ1) is 15.8. The number of aliphatic hydroxyl groups is 1. The molecule has 0 radical (unpaired) electrons. The molecule has 0 heterocycles. The van der Waals surface area contributed by atoms with Gasteiger partial charge in [-0.3, -0.25) is 0 Å². The van der Waals surface area contributed by atoms with Gasteiger partial charge >= 0.3 is 0 Å². The van der Waals surface area contributed by atoms with Gasteiger partial charge in [-0.2, -0.15) is 0 Å². The third kappa shape index (κ3) is 5.92. The van der Waals surface area contributed by atoms with E-state index >= 15 is 0 Å². The average molecular weight is 260 g/mol. The van der Waals surface area contributed by atoms with Crippen molar-refractivity contribution >= 4 is 0 Å². The Bertz CT molecular complexity index is 402. The van der Waals surface area contributed by atoms with E-state index in [9.17, 15) is 5.11 Å². The second-order valence-corrected chi connectivity index (χ2v) is 4.93. The molecule has 0 bridgehead atoms. The first-order valence-corrected chi connectivity index (χ1v) is 6.93. The van der Waals surface area contributed by atoms with Crippen molar-refractivity contribution in [2.24, 2.45) is 11.8 Å². The average Bonchev–Trinajstić information content (AvgIpc) is 2.44. The molecule has 0 aromatic heterocycles. The van der Waals surface area contributed by atoms with Crippen LogP contribution in [0.25, 0.3) is 0 Å². The highest BCUT2D eigenvalue weighted by molar-refractivity contribution is 5.13. The van der Waals surface area contributed by atoms with Gasteiger partial charge in [-0.25, -0.2) is 0 Å². The van der Waals surface area contributed by atoms with Gasteiger partial charge in [0.05, 0.1) is 19.3 Å². The van der Waals surface area contributed by atoms with Gasteiger partial charge in [-0.05, 0) is 12.5 Å². The molecule has 0 aliphatic rings. The Balaban J connectivity index is 2.32. The van der Waals surface area contributed by atoms with Gasteiger partial charge in [0.25, 0.3) is 0 Å². The fraction of sp³-hybridized carbons (Fsp3) is 0.529. The minimum Gasteiger partial charge on any atom is -0.391 e. The molecule has 1 N–H and O–H groups in total. The van der Waals surface area contributed by atoms with Gasteiger partial charge in [0.1, 0.15) is 0 Å². The highest BCUT2D eigenvalue weighted by Crippen LogP contribution is 2.13. The molecule has 2 nitrogen and oxygen atoms in total. The molecule has 0 aliphatic heterocycles. The SMILES string of the molecule is CCC#C[C@H](C)[C@@H](O)[C@@H](C)COCc1ccccc1. The molecule has 3 atom stereocenters. The van der Waals surface area contributed by atoms with Crippen LogP contribution < -0.4 is 0 Å². The summed E-state index contributed by atoms with van der Waals surface area (Å²) < 4.78 is 5.65. The van der Waals surface area contributed by atoms with E-state index < -0.39 is 6.10 Å². The number of hydrogen-bond donors (Lipinski definition) is 1. The molecule has 104 valence electrons. The van der Waals surface area contributed by atoms with Crippen LogP contribution in [0.15, 0.2) is 30.3 Å². The van der Waals surface area contributed by atoms with E-state index in [-0.39, 0.29) is 11.8 Å². The summed E-state index contributed by atoms with van der Waals surface area (Å²) in [6.45, 7) is 7.11. The topological polar surface area (TPSA) is 29.5 Å². The second kappa shape index (κ2) is 8.74. The van der Waals surface area contributed by atoms with Gasteiger partial charge < -0.3 is 9.84 Å². The summed E-state index contributed by atoms with van der Waals surface area (Å²) in [6, 6.07) is 10.1. The van der Waals surface area contributed by atoms with E-state index in [2.05, 4.69) is 11.8 Å². The molecule has 1 rings (SSSR count). The molecule has 2 heteroatoms. The summed E-state index contributed by atoms with van der Waals surface area (Å²) in [5.41, 5.74) is 1.16. The van der Waals surface area contributed by atoms with E-state index in [1.807, 2.05) is 51.1 Å². The maximum absolute atomic E-state index is 10.1. The highest BCUT2D eigenvalue weighted by Gasteiger charge is 2.19. The summed E-state index contributed by atoms with van der Waals surface area (Å²) in [5, 5.41) is 10.1. The van der Waals surface area contributed by atoms with Crippen molar-refractivity contribution in [3.8, 4) is 11.8 Å². The molecule has 0 saturated heterocycles. The van der Waals surface area contributed by atoms with Crippen LogP contribution in [0, 0.1) is 23.7 Å². The van der Waals surface area contributed by atoms with Crippen molar-refractivity contribution in [2.75, 3.05) is 6.61 Å². The minimum atomic E-state index is -0.435. The molecular weight excluding hydrogens is 236 g/mol. The lowest BCUT2D eigenvalue weighted by molar-refractivity contribution is 0.0150. The van der Waals surface area contributed by atoms with E-state index in [1.54, 1.807) is 0 Å². The Labute approximate surface area is 116 Å². The lowest BCUT2D eigenvalue weighted by Gasteiger charge is -2.21. The smallest absolute Gasteiger partial charge is 0.0722 e. The predicted molar refractivity (Wildman–Crippen MR) is 78.5 cm³/mol. The van der Waals surface area contributed by atoms with Gasteiger partial charge in [0.2, 0.25) is 0 Å². The maximum Gasteiger partial charge on any atom is 0.0722 e. The molecule has 0 unspecified atom stereocenters. The molecule has 0 saturated carbocycles. The lowest BCUT2D eigenvalue weighted by atomic mass is 9.94. The maximum atomic E-state index is 10.1. The van der Waals surface area contributed by atoms with Crippen LogP contribution in [-0.4, -0.2) is 17.8 Å². The number of benzene rings is 1. The molecule has 0 fully saturated rings. The van der Waals surface area contributed by atoms with E-state index in [0.717, 1.165) is 12.0 Å². The fourth-order valence-electron chi connectivity index (χ4n) is 1.88. The standard InChI is InChI=1S/C17H24O2/c1-4-5-9-14(2)17(18)15(3)12-19-13-16-10-7-6-8-11-16/h6-8,10-11,14-15,17-18H,4,12-13H2,1-3H3/t14-,15-,17+/m0/s1. The van der Waals surface area contributed by atoms with Gasteiger partial charge in [0.15, 0.2) is 0 Å².